The fourth-order valence-corrected chi connectivity index (χ4v) is 2.27. The van der Waals surface area contributed by atoms with Gasteiger partial charge in [-0.15, -0.1) is 0 Å². The van der Waals surface area contributed by atoms with E-state index in [1.165, 1.54) is 7.11 Å². The van der Waals surface area contributed by atoms with Crippen molar-refractivity contribution in [3.8, 4) is 5.75 Å². The molecule has 3 rings (SSSR count). The number of H-pyrrole nitrogens is 1. The van der Waals surface area contributed by atoms with Crippen LogP contribution in [-0.4, -0.2) is 23.2 Å². The number of nitrogens with one attached hydrogen (secondary N) is 2. The largest absolute Gasteiger partial charge is 0.495 e. The van der Waals surface area contributed by atoms with Crippen molar-refractivity contribution in [1.82, 2.24) is 10.2 Å². The lowest BCUT2D eigenvalue weighted by atomic mass is 10.2. The first kappa shape index (κ1) is 13.5. The van der Waals surface area contributed by atoms with Crippen LogP contribution in [0, 0.1) is 0 Å². The number of nitrogens with zero attached hydrogens (tertiary/aromatic N) is 1. The van der Waals surface area contributed by atoms with Crippen LogP contribution >= 0.6 is 11.6 Å². The van der Waals surface area contributed by atoms with Gasteiger partial charge in [-0.2, -0.15) is 5.10 Å². The monoisotopic (exact) mass is 301 g/mol. The van der Waals surface area contributed by atoms with Gasteiger partial charge in [0, 0.05) is 10.4 Å². The summed E-state index contributed by atoms with van der Waals surface area (Å²) in [6.07, 6.45) is 0. The molecule has 1 heterocycles. The Morgan fingerprint density at radius 1 is 1.29 bits per heavy atom. The number of hydrogen-bond donors (Lipinski definition) is 2. The Balaban J connectivity index is 1.95. The van der Waals surface area contributed by atoms with Crippen LogP contribution in [0.4, 0.5) is 5.69 Å². The summed E-state index contributed by atoms with van der Waals surface area (Å²) in [7, 11) is 1.53. The highest BCUT2D eigenvalue weighted by Gasteiger charge is 2.15. The van der Waals surface area contributed by atoms with Crippen molar-refractivity contribution >= 4 is 34.1 Å². The summed E-state index contributed by atoms with van der Waals surface area (Å²) >= 11 is 5.95. The number of ether oxygens (including phenoxy) is 1. The second kappa shape index (κ2) is 5.46. The smallest absolute Gasteiger partial charge is 0.276 e. The zero-order chi connectivity index (χ0) is 14.8. The van der Waals surface area contributed by atoms with E-state index in [1.807, 2.05) is 24.3 Å². The van der Waals surface area contributed by atoms with E-state index in [0.717, 1.165) is 10.9 Å². The molecule has 0 radical (unpaired) electrons. The number of para-hydroxylation sites is 1. The maximum Gasteiger partial charge on any atom is 0.276 e. The van der Waals surface area contributed by atoms with Gasteiger partial charge in [-0.25, -0.2) is 0 Å². The molecule has 0 atom stereocenters. The zero-order valence-electron chi connectivity index (χ0n) is 11.2. The Hall–Kier alpha value is -2.53. The SMILES string of the molecule is COc1ccc(Cl)cc1NC(=O)c1n[nH]c2ccccc12. The highest BCUT2D eigenvalue weighted by molar-refractivity contribution is 6.31. The molecular formula is C15H12ClN3O2. The molecule has 0 fully saturated rings. The van der Waals surface area contributed by atoms with Crippen LogP contribution in [0.1, 0.15) is 10.5 Å². The van der Waals surface area contributed by atoms with Crippen LogP contribution in [0.25, 0.3) is 10.9 Å². The van der Waals surface area contributed by atoms with E-state index in [-0.39, 0.29) is 5.91 Å². The summed E-state index contributed by atoms with van der Waals surface area (Å²) in [4.78, 5) is 12.4. The van der Waals surface area contributed by atoms with E-state index in [0.29, 0.717) is 22.2 Å². The molecule has 21 heavy (non-hydrogen) atoms. The minimum atomic E-state index is -0.326. The summed E-state index contributed by atoms with van der Waals surface area (Å²) < 4.78 is 5.20. The van der Waals surface area contributed by atoms with Gasteiger partial charge in [-0.1, -0.05) is 29.8 Å². The molecule has 3 aromatic rings. The van der Waals surface area contributed by atoms with Crippen molar-refractivity contribution in [3.05, 3.63) is 53.2 Å². The Morgan fingerprint density at radius 3 is 2.90 bits per heavy atom. The van der Waals surface area contributed by atoms with Crippen LogP contribution in [0.15, 0.2) is 42.5 Å². The van der Waals surface area contributed by atoms with Gasteiger partial charge in [-0.3, -0.25) is 9.89 Å². The van der Waals surface area contributed by atoms with Crippen LogP contribution in [0.5, 0.6) is 5.75 Å². The molecule has 0 aliphatic heterocycles. The number of aromatic nitrogens is 2. The molecule has 0 aliphatic carbocycles. The van der Waals surface area contributed by atoms with Crippen molar-refractivity contribution in [3.63, 3.8) is 0 Å². The molecule has 0 aliphatic rings. The topological polar surface area (TPSA) is 67.0 Å². The number of hydrogen-bond acceptors (Lipinski definition) is 3. The molecule has 106 valence electrons. The van der Waals surface area contributed by atoms with Crippen LogP contribution < -0.4 is 10.1 Å². The lowest BCUT2D eigenvalue weighted by Crippen LogP contribution is -2.13. The molecule has 1 amide bonds. The number of anilines is 1. The third-order valence-corrected chi connectivity index (χ3v) is 3.33. The van der Waals surface area contributed by atoms with Gasteiger partial charge in [0.2, 0.25) is 0 Å². The van der Waals surface area contributed by atoms with E-state index < -0.39 is 0 Å². The van der Waals surface area contributed by atoms with Crippen LogP contribution in [-0.2, 0) is 0 Å². The Morgan fingerprint density at radius 2 is 2.10 bits per heavy atom. The number of aromatic amines is 1. The van der Waals surface area contributed by atoms with Gasteiger partial charge in [0.15, 0.2) is 5.69 Å². The van der Waals surface area contributed by atoms with E-state index in [1.54, 1.807) is 18.2 Å². The van der Waals surface area contributed by atoms with Gasteiger partial charge in [0.1, 0.15) is 5.75 Å². The molecule has 2 N–H and O–H groups in total. The number of carbonyl (C=O) groups is 1. The van der Waals surface area contributed by atoms with E-state index in [4.69, 9.17) is 16.3 Å². The summed E-state index contributed by atoms with van der Waals surface area (Å²) in [5.74, 6) is 0.209. The molecule has 1 aromatic heterocycles. The number of methoxy groups -OCH3 is 1. The van der Waals surface area contributed by atoms with Gasteiger partial charge in [0.25, 0.3) is 5.91 Å². The number of rotatable bonds is 3. The minimum Gasteiger partial charge on any atom is -0.495 e. The van der Waals surface area contributed by atoms with Crippen LogP contribution in [0.2, 0.25) is 5.02 Å². The number of amides is 1. The van der Waals surface area contributed by atoms with Gasteiger partial charge in [0.05, 0.1) is 18.3 Å². The molecular weight excluding hydrogens is 290 g/mol. The average molecular weight is 302 g/mol. The molecule has 2 aromatic carbocycles. The maximum absolute atomic E-state index is 12.4. The highest BCUT2D eigenvalue weighted by atomic mass is 35.5. The van der Waals surface area contributed by atoms with Crippen molar-refractivity contribution in [2.24, 2.45) is 0 Å². The van der Waals surface area contributed by atoms with Gasteiger partial charge in [-0.05, 0) is 24.3 Å². The third-order valence-electron chi connectivity index (χ3n) is 3.10. The van der Waals surface area contributed by atoms with Crippen molar-refractivity contribution < 1.29 is 9.53 Å². The second-order valence-electron chi connectivity index (χ2n) is 4.42. The fraction of sp³-hybridized carbons (Fsp3) is 0.0667. The maximum atomic E-state index is 12.4. The Kier molecular flexibility index (Phi) is 3.50. The van der Waals surface area contributed by atoms with Crippen molar-refractivity contribution in [1.29, 1.82) is 0 Å². The quantitative estimate of drug-likeness (QED) is 0.778. The first-order valence-electron chi connectivity index (χ1n) is 6.27. The highest BCUT2D eigenvalue weighted by Crippen LogP contribution is 2.28. The van der Waals surface area contributed by atoms with Gasteiger partial charge >= 0.3 is 0 Å². The predicted octanol–water partition coefficient (Wildman–Crippen LogP) is 3.48. The number of benzene rings is 2. The Bertz CT molecular complexity index is 814. The molecule has 0 bridgehead atoms. The summed E-state index contributed by atoms with van der Waals surface area (Å²) in [5, 5.41) is 10.9. The minimum absolute atomic E-state index is 0.326. The third kappa shape index (κ3) is 2.55. The predicted molar refractivity (Wildman–Crippen MR) is 82.1 cm³/mol. The normalized spacial score (nSPS) is 10.6. The number of halogens is 1. The summed E-state index contributed by atoms with van der Waals surface area (Å²) in [6.45, 7) is 0. The Labute approximate surface area is 125 Å². The van der Waals surface area contributed by atoms with E-state index >= 15 is 0 Å². The molecule has 0 unspecified atom stereocenters. The summed E-state index contributed by atoms with van der Waals surface area (Å²) in [6, 6.07) is 12.5. The van der Waals surface area contributed by atoms with E-state index in [2.05, 4.69) is 15.5 Å². The first-order valence-corrected chi connectivity index (χ1v) is 6.65. The van der Waals surface area contributed by atoms with E-state index in [9.17, 15) is 4.79 Å². The summed E-state index contributed by atoms with van der Waals surface area (Å²) in [5.41, 5.74) is 1.63. The van der Waals surface area contributed by atoms with Crippen molar-refractivity contribution in [2.45, 2.75) is 0 Å². The number of fused-ring (bicyclic) bond motifs is 1. The van der Waals surface area contributed by atoms with Gasteiger partial charge < -0.3 is 10.1 Å². The zero-order valence-corrected chi connectivity index (χ0v) is 11.9. The standard InChI is InChI=1S/C15H12ClN3O2/c1-21-13-7-6-9(16)8-12(13)17-15(20)14-10-4-2-3-5-11(10)18-19-14/h2-8H,1H3,(H,17,20)(H,18,19). The first-order chi connectivity index (χ1) is 10.2. The molecule has 0 spiro atoms. The lowest BCUT2D eigenvalue weighted by Gasteiger charge is -2.09. The molecule has 6 heteroatoms. The number of carbonyl (C=O) groups excluding carboxylic acids is 1. The van der Waals surface area contributed by atoms with Crippen molar-refractivity contribution in [2.75, 3.05) is 12.4 Å². The fourth-order valence-electron chi connectivity index (χ4n) is 2.10. The lowest BCUT2D eigenvalue weighted by molar-refractivity contribution is 0.102. The second-order valence-corrected chi connectivity index (χ2v) is 4.85. The molecule has 5 nitrogen and oxygen atoms in total. The molecule has 0 saturated carbocycles. The van der Waals surface area contributed by atoms with Crippen LogP contribution in [0.3, 0.4) is 0 Å². The molecule has 0 saturated heterocycles. The average Bonchev–Trinajstić information content (AvgIpc) is 2.91.